The summed E-state index contributed by atoms with van der Waals surface area (Å²) in [7, 11) is -2.09. The zero-order valence-corrected chi connectivity index (χ0v) is 14.0. The lowest BCUT2D eigenvalue weighted by molar-refractivity contribution is 0.595. The Kier molecular flexibility index (Phi) is 4.09. The number of aromatic nitrogens is 1. The van der Waals surface area contributed by atoms with E-state index < -0.39 is 10.0 Å². The van der Waals surface area contributed by atoms with Gasteiger partial charge in [-0.25, -0.2) is 13.4 Å². The normalized spacial score (nSPS) is 11.7. The van der Waals surface area contributed by atoms with Gasteiger partial charge in [-0.15, -0.1) is 0 Å². The topological polar surface area (TPSA) is 50.3 Å². The van der Waals surface area contributed by atoms with Gasteiger partial charge in [0.1, 0.15) is 0 Å². The molecule has 0 bridgehead atoms. The maximum Gasteiger partial charge on any atom is 0.275 e. The van der Waals surface area contributed by atoms with E-state index in [1.807, 2.05) is 26.0 Å². The second-order valence-electron chi connectivity index (χ2n) is 4.60. The molecule has 0 aliphatic carbocycles. The van der Waals surface area contributed by atoms with Gasteiger partial charge in [0.2, 0.25) is 0 Å². The molecule has 0 aliphatic rings. The Morgan fingerprint density at radius 1 is 1.25 bits per heavy atom. The molecule has 20 heavy (non-hydrogen) atoms. The highest BCUT2D eigenvalue weighted by molar-refractivity contribution is 7.94. The van der Waals surface area contributed by atoms with Crippen LogP contribution in [0.5, 0.6) is 0 Å². The van der Waals surface area contributed by atoms with E-state index in [1.54, 1.807) is 20.0 Å². The van der Waals surface area contributed by atoms with Crippen LogP contribution in [-0.4, -0.2) is 20.4 Å². The molecular formula is C13H15ClN2O2S2. The van der Waals surface area contributed by atoms with Gasteiger partial charge in [0.05, 0.1) is 11.4 Å². The lowest BCUT2D eigenvalue weighted by Crippen LogP contribution is -2.27. The van der Waals surface area contributed by atoms with Crippen LogP contribution in [0.3, 0.4) is 0 Å². The number of sulfonamides is 1. The highest BCUT2D eigenvalue weighted by Gasteiger charge is 2.27. The fourth-order valence-electron chi connectivity index (χ4n) is 2.00. The molecule has 0 atom stereocenters. The molecule has 0 amide bonds. The Morgan fingerprint density at radius 2 is 1.90 bits per heavy atom. The molecule has 108 valence electrons. The van der Waals surface area contributed by atoms with Crippen molar-refractivity contribution in [3.63, 3.8) is 0 Å². The maximum absolute atomic E-state index is 12.6. The fraction of sp³-hybridized carbons (Fsp3) is 0.308. The Bertz CT molecular complexity index is 754. The maximum atomic E-state index is 12.6. The molecule has 1 aromatic carbocycles. The predicted octanol–water partition coefficient (Wildman–Crippen LogP) is 3.55. The van der Waals surface area contributed by atoms with Gasteiger partial charge < -0.3 is 0 Å². The molecule has 4 nitrogen and oxygen atoms in total. The van der Waals surface area contributed by atoms with Gasteiger partial charge in [-0.3, -0.25) is 4.31 Å². The summed E-state index contributed by atoms with van der Waals surface area (Å²) in [5.41, 5.74) is 3.08. The Hall–Kier alpha value is -1.11. The third kappa shape index (κ3) is 2.68. The number of rotatable bonds is 3. The van der Waals surface area contributed by atoms with Crippen molar-refractivity contribution in [1.29, 1.82) is 0 Å². The smallest absolute Gasteiger partial charge is 0.268 e. The molecule has 0 spiro atoms. The summed E-state index contributed by atoms with van der Waals surface area (Å²) >= 11 is 6.78. The third-order valence-corrected chi connectivity index (χ3v) is 6.63. The minimum Gasteiger partial charge on any atom is -0.268 e. The molecule has 0 aliphatic heterocycles. The minimum atomic E-state index is -3.63. The molecule has 0 saturated heterocycles. The van der Waals surface area contributed by atoms with Crippen LogP contribution in [-0.2, 0) is 10.0 Å². The summed E-state index contributed by atoms with van der Waals surface area (Å²) in [6.07, 6.45) is 0. The summed E-state index contributed by atoms with van der Waals surface area (Å²) in [4.78, 5) is 3.97. The molecule has 0 saturated carbocycles. The minimum absolute atomic E-state index is 0.185. The van der Waals surface area contributed by atoms with E-state index in [0.29, 0.717) is 11.4 Å². The molecule has 0 unspecified atom stereocenters. The summed E-state index contributed by atoms with van der Waals surface area (Å²) in [6, 6.07) is 5.65. The van der Waals surface area contributed by atoms with Crippen molar-refractivity contribution < 1.29 is 8.42 Å². The second kappa shape index (κ2) is 5.35. The summed E-state index contributed by atoms with van der Waals surface area (Å²) in [5, 5.41) is 0. The molecule has 0 fully saturated rings. The second-order valence-corrected chi connectivity index (χ2v) is 8.35. The lowest BCUT2D eigenvalue weighted by atomic mass is 10.1. The van der Waals surface area contributed by atoms with Crippen molar-refractivity contribution in [2.75, 3.05) is 11.4 Å². The monoisotopic (exact) mass is 330 g/mol. The number of halogens is 1. The quantitative estimate of drug-likeness (QED) is 0.864. The molecule has 7 heteroatoms. The van der Waals surface area contributed by atoms with Crippen molar-refractivity contribution in [2.45, 2.75) is 25.0 Å². The van der Waals surface area contributed by atoms with Crippen molar-refractivity contribution in [3.8, 4) is 0 Å². The van der Waals surface area contributed by atoms with Crippen molar-refractivity contribution in [3.05, 3.63) is 39.5 Å². The van der Waals surface area contributed by atoms with E-state index in [-0.39, 0.29) is 8.68 Å². The lowest BCUT2D eigenvalue weighted by Gasteiger charge is -2.21. The van der Waals surface area contributed by atoms with Gasteiger partial charge in [-0.05, 0) is 32.4 Å². The highest BCUT2D eigenvalue weighted by Crippen LogP contribution is 2.32. The average Bonchev–Trinajstić information content (AvgIpc) is 2.68. The van der Waals surface area contributed by atoms with Gasteiger partial charge in [-0.1, -0.05) is 40.6 Å². The number of benzene rings is 1. The largest absolute Gasteiger partial charge is 0.275 e. The highest BCUT2D eigenvalue weighted by atomic mass is 35.5. The predicted molar refractivity (Wildman–Crippen MR) is 83.4 cm³/mol. The molecule has 1 aromatic heterocycles. The van der Waals surface area contributed by atoms with E-state index in [9.17, 15) is 8.42 Å². The number of nitrogens with zero attached hydrogens (tertiary/aromatic N) is 2. The van der Waals surface area contributed by atoms with E-state index in [2.05, 4.69) is 4.98 Å². The molecule has 0 radical (unpaired) electrons. The van der Waals surface area contributed by atoms with E-state index in [0.717, 1.165) is 22.5 Å². The van der Waals surface area contributed by atoms with Crippen LogP contribution >= 0.6 is 22.9 Å². The van der Waals surface area contributed by atoms with Crippen LogP contribution in [0.2, 0.25) is 4.47 Å². The van der Waals surface area contributed by atoms with Gasteiger partial charge in [0.15, 0.2) is 8.68 Å². The van der Waals surface area contributed by atoms with Crippen LogP contribution in [0.15, 0.2) is 22.4 Å². The van der Waals surface area contributed by atoms with Gasteiger partial charge in [0, 0.05) is 7.05 Å². The van der Waals surface area contributed by atoms with Crippen LogP contribution in [0, 0.1) is 20.8 Å². The van der Waals surface area contributed by atoms with Crippen molar-refractivity contribution in [2.24, 2.45) is 0 Å². The summed E-state index contributed by atoms with van der Waals surface area (Å²) in [5.74, 6) is 0. The first kappa shape index (κ1) is 15.3. The first-order valence-electron chi connectivity index (χ1n) is 5.92. The average molecular weight is 331 g/mol. The zero-order chi connectivity index (χ0) is 15.1. The van der Waals surface area contributed by atoms with Crippen LogP contribution < -0.4 is 4.31 Å². The fourth-order valence-corrected chi connectivity index (χ4v) is 5.15. The molecule has 2 rings (SSSR count). The Balaban J connectivity index is 2.51. The molecule has 2 aromatic rings. The van der Waals surface area contributed by atoms with Crippen molar-refractivity contribution in [1.82, 2.24) is 4.98 Å². The van der Waals surface area contributed by atoms with E-state index in [4.69, 9.17) is 11.6 Å². The number of aryl methyl sites for hydroxylation is 3. The van der Waals surface area contributed by atoms with Gasteiger partial charge >= 0.3 is 0 Å². The molecular weight excluding hydrogens is 316 g/mol. The number of hydrogen-bond acceptors (Lipinski definition) is 4. The third-order valence-electron chi connectivity index (χ3n) is 3.01. The van der Waals surface area contributed by atoms with Gasteiger partial charge in [0.25, 0.3) is 10.0 Å². The van der Waals surface area contributed by atoms with Gasteiger partial charge in [-0.2, -0.15) is 0 Å². The molecule has 0 N–H and O–H groups in total. The summed E-state index contributed by atoms with van der Waals surface area (Å²) in [6.45, 7) is 5.50. The Labute approximate surface area is 128 Å². The van der Waals surface area contributed by atoms with E-state index >= 15 is 0 Å². The van der Waals surface area contributed by atoms with Crippen LogP contribution in [0.25, 0.3) is 0 Å². The SMILES string of the molecule is Cc1ccc(N(C)S(=O)(=O)c2sc(Cl)nc2C)c(C)c1. The van der Waals surface area contributed by atoms with E-state index in [1.165, 1.54) is 4.31 Å². The number of hydrogen-bond donors (Lipinski definition) is 0. The van der Waals surface area contributed by atoms with Crippen LogP contribution in [0.4, 0.5) is 5.69 Å². The standard InChI is InChI=1S/C13H15ClN2O2S2/c1-8-5-6-11(9(2)7-8)16(4)20(17,18)12-10(3)15-13(14)19-12/h5-7H,1-4H3. The molecule has 1 heterocycles. The van der Waals surface area contributed by atoms with Crippen molar-refractivity contribution >= 4 is 38.6 Å². The number of anilines is 1. The first-order chi connectivity index (χ1) is 9.23. The summed E-state index contributed by atoms with van der Waals surface area (Å²) < 4.78 is 27.0. The Morgan fingerprint density at radius 3 is 2.40 bits per heavy atom. The van der Waals surface area contributed by atoms with Crippen LogP contribution in [0.1, 0.15) is 16.8 Å². The zero-order valence-electron chi connectivity index (χ0n) is 11.6. The number of thiazole rings is 1. The first-order valence-corrected chi connectivity index (χ1v) is 8.56.